The Hall–Kier alpha value is -0.720. The molecule has 1 nitrogen and oxygen atoms in total. The number of nitrogens with zero attached hydrogens (tertiary/aromatic N) is 1. The van der Waals surface area contributed by atoms with Crippen LogP contribution in [0, 0.1) is 0 Å². The van der Waals surface area contributed by atoms with E-state index >= 15 is 0 Å². The third-order valence-corrected chi connectivity index (χ3v) is 2.54. The fourth-order valence-electron chi connectivity index (χ4n) is 1.49. The summed E-state index contributed by atoms with van der Waals surface area (Å²) in [6, 6.07) is 2.27. The van der Waals surface area contributed by atoms with Crippen molar-refractivity contribution in [1.29, 1.82) is 0 Å². The maximum absolute atomic E-state index is 2.31. The molecule has 0 radical (unpaired) electrons. The first-order chi connectivity index (χ1) is 5.57. The van der Waals surface area contributed by atoms with Crippen LogP contribution in [-0.4, -0.2) is 4.57 Å². The van der Waals surface area contributed by atoms with Crippen molar-refractivity contribution in [2.45, 2.75) is 45.1 Å². The zero-order chi connectivity index (χ0) is 8.77. The monoisotopic (exact) mass is 163 g/mol. The molecule has 0 saturated heterocycles. The van der Waals surface area contributed by atoms with E-state index in [1.165, 1.54) is 18.4 Å². The summed E-state index contributed by atoms with van der Waals surface area (Å²) in [7, 11) is 0. The van der Waals surface area contributed by atoms with E-state index in [0.29, 0.717) is 0 Å². The van der Waals surface area contributed by atoms with Crippen molar-refractivity contribution in [2.75, 3.05) is 0 Å². The minimum absolute atomic E-state index is 0.243. The molecule has 1 saturated carbocycles. The molecule has 1 aromatic heterocycles. The summed E-state index contributed by atoms with van der Waals surface area (Å²) in [5, 5.41) is 0. The first-order valence-corrected chi connectivity index (χ1v) is 4.76. The highest BCUT2D eigenvalue weighted by Crippen LogP contribution is 2.40. The molecule has 2 rings (SSSR count). The smallest absolute Gasteiger partial charge is 0.0355 e. The highest BCUT2D eigenvalue weighted by Gasteiger charge is 2.25. The SMILES string of the molecule is CC(C)(C)n1ccc(C2CC2)c1. The molecule has 66 valence electrons. The van der Waals surface area contributed by atoms with Crippen LogP contribution in [0.4, 0.5) is 0 Å². The Balaban J connectivity index is 2.23. The van der Waals surface area contributed by atoms with Gasteiger partial charge in [0.25, 0.3) is 0 Å². The van der Waals surface area contributed by atoms with Gasteiger partial charge in [0.05, 0.1) is 0 Å². The van der Waals surface area contributed by atoms with Gasteiger partial charge in [0.15, 0.2) is 0 Å². The zero-order valence-electron chi connectivity index (χ0n) is 8.17. The van der Waals surface area contributed by atoms with Crippen molar-refractivity contribution in [1.82, 2.24) is 4.57 Å². The Morgan fingerprint density at radius 1 is 1.33 bits per heavy atom. The van der Waals surface area contributed by atoms with Crippen molar-refractivity contribution in [2.24, 2.45) is 0 Å². The summed E-state index contributed by atoms with van der Waals surface area (Å²) in [6.45, 7) is 6.72. The van der Waals surface area contributed by atoms with Gasteiger partial charge in [0.2, 0.25) is 0 Å². The Kier molecular flexibility index (Phi) is 1.57. The Morgan fingerprint density at radius 2 is 2.00 bits per heavy atom. The van der Waals surface area contributed by atoms with E-state index < -0.39 is 0 Å². The van der Waals surface area contributed by atoms with Gasteiger partial charge in [0, 0.05) is 17.9 Å². The molecule has 0 aromatic carbocycles. The molecule has 1 aliphatic carbocycles. The predicted molar refractivity (Wildman–Crippen MR) is 51.4 cm³/mol. The molecule has 1 aliphatic rings. The average Bonchev–Trinajstić information content (AvgIpc) is 2.66. The fraction of sp³-hybridized carbons (Fsp3) is 0.636. The van der Waals surface area contributed by atoms with Gasteiger partial charge in [-0.2, -0.15) is 0 Å². The summed E-state index contributed by atoms with van der Waals surface area (Å²) in [5.74, 6) is 0.883. The molecular weight excluding hydrogens is 146 g/mol. The standard InChI is InChI=1S/C11H17N/c1-11(2,3)12-7-6-10(8-12)9-4-5-9/h6-9H,4-5H2,1-3H3. The Morgan fingerprint density at radius 3 is 2.42 bits per heavy atom. The third-order valence-electron chi connectivity index (χ3n) is 2.54. The van der Waals surface area contributed by atoms with Gasteiger partial charge in [-0.1, -0.05) is 0 Å². The van der Waals surface area contributed by atoms with Crippen LogP contribution < -0.4 is 0 Å². The molecule has 0 N–H and O–H groups in total. The average molecular weight is 163 g/mol. The van der Waals surface area contributed by atoms with E-state index in [1.807, 2.05) is 0 Å². The van der Waals surface area contributed by atoms with Gasteiger partial charge in [-0.3, -0.25) is 0 Å². The van der Waals surface area contributed by atoms with Gasteiger partial charge < -0.3 is 4.57 Å². The number of hydrogen-bond donors (Lipinski definition) is 0. The lowest BCUT2D eigenvalue weighted by Crippen LogP contribution is -2.19. The zero-order valence-corrected chi connectivity index (χ0v) is 8.17. The van der Waals surface area contributed by atoms with Gasteiger partial charge in [-0.05, 0) is 51.2 Å². The summed E-state index contributed by atoms with van der Waals surface area (Å²) in [6.07, 6.45) is 7.30. The molecule has 0 unspecified atom stereocenters. The highest BCUT2D eigenvalue weighted by molar-refractivity contribution is 5.21. The molecule has 1 aromatic rings. The highest BCUT2D eigenvalue weighted by atomic mass is 15.0. The lowest BCUT2D eigenvalue weighted by atomic mass is 10.1. The van der Waals surface area contributed by atoms with E-state index in [1.54, 1.807) is 0 Å². The Bertz CT molecular complexity index is 273. The topological polar surface area (TPSA) is 4.93 Å². The second-order valence-electron chi connectivity index (χ2n) is 4.80. The van der Waals surface area contributed by atoms with Crippen LogP contribution in [0.2, 0.25) is 0 Å². The van der Waals surface area contributed by atoms with Crippen molar-refractivity contribution in [3.63, 3.8) is 0 Å². The summed E-state index contributed by atoms with van der Waals surface area (Å²) in [4.78, 5) is 0. The van der Waals surface area contributed by atoms with Gasteiger partial charge >= 0.3 is 0 Å². The number of hydrogen-bond acceptors (Lipinski definition) is 0. The van der Waals surface area contributed by atoms with Crippen molar-refractivity contribution < 1.29 is 0 Å². The van der Waals surface area contributed by atoms with E-state index in [-0.39, 0.29) is 5.54 Å². The maximum Gasteiger partial charge on any atom is 0.0355 e. The first kappa shape index (κ1) is 7.90. The van der Waals surface area contributed by atoms with Crippen molar-refractivity contribution >= 4 is 0 Å². The maximum atomic E-state index is 2.31. The Labute approximate surface area is 74.4 Å². The lowest BCUT2D eigenvalue weighted by molar-refractivity contribution is 0.398. The molecule has 12 heavy (non-hydrogen) atoms. The molecule has 1 heteroatoms. The van der Waals surface area contributed by atoms with Crippen LogP contribution in [0.1, 0.15) is 45.1 Å². The summed E-state index contributed by atoms with van der Waals surface area (Å²) < 4.78 is 2.31. The predicted octanol–water partition coefficient (Wildman–Crippen LogP) is 3.12. The second-order valence-corrected chi connectivity index (χ2v) is 4.80. The number of aromatic nitrogens is 1. The van der Waals surface area contributed by atoms with Crippen LogP contribution in [0.3, 0.4) is 0 Å². The molecule has 0 atom stereocenters. The molecule has 0 bridgehead atoms. The molecule has 1 heterocycles. The minimum atomic E-state index is 0.243. The van der Waals surface area contributed by atoms with Crippen LogP contribution in [0.15, 0.2) is 18.5 Å². The van der Waals surface area contributed by atoms with E-state index in [2.05, 4.69) is 43.8 Å². The van der Waals surface area contributed by atoms with E-state index in [9.17, 15) is 0 Å². The van der Waals surface area contributed by atoms with Gasteiger partial charge in [0.1, 0.15) is 0 Å². The third kappa shape index (κ3) is 1.40. The number of rotatable bonds is 1. The fourth-order valence-corrected chi connectivity index (χ4v) is 1.49. The second kappa shape index (κ2) is 2.38. The molecule has 1 fully saturated rings. The molecule has 0 amide bonds. The normalized spacial score (nSPS) is 18.2. The van der Waals surface area contributed by atoms with Crippen LogP contribution in [0.5, 0.6) is 0 Å². The van der Waals surface area contributed by atoms with Gasteiger partial charge in [-0.15, -0.1) is 0 Å². The summed E-state index contributed by atoms with van der Waals surface area (Å²) >= 11 is 0. The van der Waals surface area contributed by atoms with E-state index in [0.717, 1.165) is 5.92 Å². The molecule has 0 aliphatic heterocycles. The minimum Gasteiger partial charge on any atom is -0.349 e. The lowest BCUT2D eigenvalue weighted by Gasteiger charge is -2.20. The largest absolute Gasteiger partial charge is 0.349 e. The summed E-state index contributed by atoms with van der Waals surface area (Å²) in [5.41, 5.74) is 1.78. The quantitative estimate of drug-likeness (QED) is 0.599. The van der Waals surface area contributed by atoms with Crippen molar-refractivity contribution in [3.05, 3.63) is 24.0 Å². The van der Waals surface area contributed by atoms with Crippen LogP contribution in [-0.2, 0) is 5.54 Å². The van der Waals surface area contributed by atoms with E-state index in [4.69, 9.17) is 0 Å². The van der Waals surface area contributed by atoms with Crippen LogP contribution >= 0.6 is 0 Å². The molecular formula is C11H17N. The first-order valence-electron chi connectivity index (χ1n) is 4.76. The van der Waals surface area contributed by atoms with Crippen molar-refractivity contribution in [3.8, 4) is 0 Å². The van der Waals surface area contributed by atoms with Crippen LogP contribution in [0.25, 0.3) is 0 Å². The van der Waals surface area contributed by atoms with Gasteiger partial charge in [-0.25, -0.2) is 0 Å². The molecule has 0 spiro atoms.